The van der Waals surface area contributed by atoms with Crippen molar-refractivity contribution in [1.82, 2.24) is 15.2 Å². The molecule has 0 amide bonds. The van der Waals surface area contributed by atoms with E-state index in [4.69, 9.17) is 0 Å². The van der Waals surface area contributed by atoms with E-state index in [1.807, 2.05) is 12.3 Å². The molecule has 1 aromatic heterocycles. The summed E-state index contributed by atoms with van der Waals surface area (Å²) in [6.07, 6.45) is 6.03. The third-order valence-corrected chi connectivity index (χ3v) is 4.14. The van der Waals surface area contributed by atoms with Crippen molar-refractivity contribution in [2.45, 2.75) is 37.9 Å². The van der Waals surface area contributed by atoms with Gasteiger partial charge in [-0.15, -0.1) is 0 Å². The zero-order chi connectivity index (χ0) is 11.7. The molecule has 0 spiro atoms. The van der Waals surface area contributed by atoms with Gasteiger partial charge in [-0.05, 0) is 44.4 Å². The van der Waals surface area contributed by atoms with Gasteiger partial charge in [-0.2, -0.15) is 0 Å². The average molecular weight is 231 g/mol. The second kappa shape index (κ2) is 4.75. The Morgan fingerprint density at radius 1 is 1.41 bits per heavy atom. The molecule has 3 heterocycles. The summed E-state index contributed by atoms with van der Waals surface area (Å²) >= 11 is 0. The lowest BCUT2D eigenvalue weighted by molar-refractivity contribution is 0.240. The highest BCUT2D eigenvalue weighted by molar-refractivity contribution is 5.03. The zero-order valence-electron chi connectivity index (χ0n) is 10.5. The van der Waals surface area contributed by atoms with E-state index in [1.54, 1.807) is 0 Å². The lowest BCUT2D eigenvalue weighted by atomic mass is 9.89. The van der Waals surface area contributed by atoms with Gasteiger partial charge in [0.1, 0.15) is 0 Å². The molecular formula is C14H21N3. The molecule has 17 heavy (non-hydrogen) atoms. The van der Waals surface area contributed by atoms with Crippen molar-refractivity contribution in [3.63, 3.8) is 0 Å². The first-order chi connectivity index (χ1) is 8.31. The molecule has 92 valence electrons. The minimum absolute atomic E-state index is 0.784. The van der Waals surface area contributed by atoms with E-state index >= 15 is 0 Å². The Labute approximate surface area is 103 Å². The van der Waals surface area contributed by atoms with Crippen molar-refractivity contribution < 1.29 is 0 Å². The maximum Gasteiger partial charge on any atom is 0.0543 e. The Bertz CT molecular complexity index is 365. The van der Waals surface area contributed by atoms with E-state index in [0.29, 0.717) is 0 Å². The molecule has 3 unspecified atom stereocenters. The summed E-state index contributed by atoms with van der Waals surface area (Å²) < 4.78 is 0. The molecule has 1 aromatic rings. The van der Waals surface area contributed by atoms with E-state index in [9.17, 15) is 0 Å². The van der Waals surface area contributed by atoms with Gasteiger partial charge in [0.25, 0.3) is 0 Å². The molecule has 3 nitrogen and oxygen atoms in total. The standard InChI is InChI=1S/C14H21N3/c1-17(10-13-4-2-3-7-15-13)9-11-8-12-5-6-14(11)16-12/h2-4,7,11-12,14,16H,5-6,8-10H2,1H3. The Kier molecular flexibility index (Phi) is 3.12. The largest absolute Gasteiger partial charge is 0.311 e. The van der Waals surface area contributed by atoms with Crippen LogP contribution >= 0.6 is 0 Å². The van der Waals surface area contributed by atoms with Crippen molar-refractivity contribution >= 4 is 0 Å². The summed E-state index contributed by atoms with van der Waals surface area (Å²) in [7, 11) is 2.21. The molecule has 2 aliphatic heterocycles. The number of nitrogens with one attached hydrogen (secondary N) is 1. The first kappa shape index (κ1) is 11.2. The van der Waals surface area contributed by atoms with Crippen LogP contribution in [0.5, 0.6) is 0 Å². The highest BCUT2D eigenvalue weighted by Gasteiger charge is 2.39. The van der Waals surface area contributed by atoms with Gasteiger partial charge in [-0.1, -0.05) is 6.07 Å². The first-order valence-corrected chi connectivity index (χ1v) is 6.66. The quantitative estimate of drug-likeness (QED) is 0.854. The van der Waals surface area contributed by atoms with Crippen LogP contribution < -0.4 is 5.32 Å². The van der Waals surface area contributed by atoms with E-state index in [1.165, 1.54) is 31.5 Å². The SMILES string of the molecule is CN(Cc1ccccn1)CC1CC2CCC1N2. The fourth-order valence-electron chi connectivity index (χ4n) is 3.37. The van der Waals surface area contributed by atoms with Crippen molar-refractivity contribution in [3.05, 3.63) is 30.1 Å². The second-order valence-corrected chi connectivity index (χ2v) is 5.56. The van der Waals surface area contributed by atoms with Crippen LogP contribution in [-0.2, 0) is 6.54 Å². The Morgan fingerprint density at radius 3 is 3.00 bits per heavy atom. The fraction of sp³-hybridized carbons (Fsp3) is 0.643. The molecule has 0 saturated carbocycles. The average Bonchev–Trinajstić information content (AvgIpc) is 2.92. The Balaban J connectivity index is 1.52. The zero-order valence-corrected chi connectivity index (χ0v) is 10.5. The smallest absolute Gasteiger partial charge is 0.0543 e. The lowest BCUT2D eigenvalue weighted by Crippen LogP contribution is -2.32. The van der Waals surface area contributed by atoms with Gasteiger partial charge >= 0.3 is 0 Å². The van der Waals surface area contributed by atoms with Crippen LogP contribution in [0.3, 0.4) is 0 Å². The molecule has 0 aliphatic carbocycles. The maximum atomic E-state index is 4.38. The molecule has 1 N–H and O–H groups in total. The third kappa shape index (κ3) is 2.50. The number of rotatable bonds is 4. The van der Waals surface area contributed by atoms with Crippen LogP contribution in [-0.4, -0.2) is 35.6 Å². The van der Waals surface area contributed by atoms with Crippen molar-refractivity contribution in [2.24, 2.45) is 5.92 Å². The summed E-state index contributed by atoms with van der Waals surface area (Å²) in [5.41, 5.74) is 1.17. The van der Waals surface area contributed by atoms with Crippen molar-refractivity contribution in [2.75, 3.05) is 13.6 Å². The summed E-state index contributed by atoms with van der Waals surface area (Å²) in [5.74, 6) is 0.850. The Hall–Kier alpha value is -0.930. The van der Waals surface area contributed by atoms with Crippen LogP contribution in [0.1, 0.15) is 25.0 Å². The van der Waals surface area contributed by atoms with Crippen LogP contribution in [0.15, 0.2) is 24.4 Å². The molecule has 3 heteroatoms. The molecule has 2 fully saturated rings. The van der Waals surface area contributed by atoms with Gasteiger partial charge in [-0.3, -0.25) is 4.98 Å². The van der Waals surface area contributed by atoms with Gasteiger partial charge in [0.15, 0.2) is 0 Å². The maximum absolute atomic E-state index is 4.38. The molecule has 0 radical (unpaired) electrons. The van der Waals surface area contributed by atoms with Gasteiger partial charge in [0.2, 0.25) is 0 Å². The topological polar surface area (TPSA) is 28.2 Å². The normalized spacial score (nSPS) is 31.3. The third-order valence-electron chi connectivity index (χ3n) is 4.14. The van der Waals surface area contributed by atoms with E-state index < -0.39 is 0 Å². The van der Waals surface area contributed by atoms with Crippen LogP contribution in [0.2, 0.25) is 0 Å². The second-order valence-electron chi connectivity index (χ2n) is 5.56. The molecule has 2 saturated heterocycles. The molecular weight excluding hydrogens is 210 g/mol. The fourth-order valence-corrected chi connectivity index (χ4v) is 3.37. The van der Waals surface area contributed by atoms with Crippen LogP contribution in [0.25, 0.3) is 0 Å². The number of pyridine rings is 1. The van der Waals surface area contributed by atoms with Crippen LogP contribution in [0.4, 0.5) is 0 Å². The summed E-state index contributed by atoms with van der Waals surface area (Å²) in [6, 6.07) is 7.74. The summed E-state index contributed by atoms with van der Waals surface area (Å²) in [6.45, 7) is 2.17. The first-order valence-electron chi connectivity index (χ1n) is 6.66. The van der Waals surface area contributed by atoms with Gasteiger partial charge in [0.05, 0.1) is 5.69 Å². The van der Waals surface area contributed by atoms with Gasteiger partial charge in [0, 0.05) is 31.4 Å². The minimum atomic E-state index is 0.784. The minimum Gasteiger partial charge on any atom is -0.311 e. The lowest BCUT2D eigenvalue weighted by Gasteiger charge is -2.25. The monoisotopic (exact) mass is 231 g/mol. The Morgan fingerprint density at radius 2 is 2.35 bits per heavy atom. The predicted molar refractivity (Wildman–Crippen MR) is 68.6 cm³/mol. The highest BCUT2D eigenvalue weighted by Crippen LogP contribution is 2.33. The molecule has 3 rings (SSSR count). The molecule has 0 aromatic carbocycles. The number of nitrogens with zero attached hydrogens (tertiary/aromatic N) is 2. The molecule has 2 aliphatic rings. The van der Waals surface area contributed by atoms with Crippen molar-refractivity contribution in [1.29, 1.82) is 0 Å². The number of hydrogen-bond acceptors (Lipinski definition) is 3. The van der Waals surface area contributed by atoms with Crippen LogP contribution in [0, 0.1) is 5.92 Å². The molecule has 2 bridgehead atoms. The number of hydrogen-bond donors (Lipinski definition) is 1. The number of aromatic nitrogens is 1. The van der Waals surface area contributed by atoms with E-state index in [-0.39, 0.29) is 0 Å². The summed E-state index contributed by atoms with van der Waals surface area (Å²) in [5, 5.41) is 3.70. The molecule has 3 atom stereocenters. The predicted octanol–water partition coefficient (Wildman–Crippen LogP) is 1.65. The highest BCUT2D eigenvalue weighted by atomic mass is 15.1. The number of fused-ring (bicyclic) bond motifs is 2. The van der Waals surface area contributed by atoms with E-state index in [0.717, 1.165) is 24.5 Å². The van der Waals surface area contributed by atoms with Gasteiger partial charge < -0.3 is 10.2 Å². The van der Waals surface area contributed by atoms with Crippen molar-refractivity contribution in [3.8, 4) is 0 Å². The van der Waals surface area contributed by atoms with Gasteiger partial charge in [-0.25, -0.2) is 0 Å². The summed E-state index contributed by atoms with van der Waals surface area (Å²) in [4.78, 5) is 6.80. The van der Waals surface area contributed by atoms with E-state index in [2.05, 4.69) is 34.4 Å².